The maximum Gasteiger partial charge on any atom is 0.261 e. The van der Waals surface area contributed by atoms with Crippen LogP contribution in [0.2, 0.25) is 0 Å². The summed E-state index contributed by atoms with van der Waals surface area (Å²) in [4.78, 5) is 0.286. The smallest absolute Gasteiger partial charge is 0.261 e. The van der Waals surface area contributed by atoms with Crippen molar-refractivity contribution in [2.24, 2.45) is 5.92 Å². The summed E-state index contributed by atoms with van der Waals surface area (Å²) in [6, 6.07) is 14.3. The van der Waals surface area contributed by atoms with Crippen LogP contribution in [0, 0.1) is 9.49 Å². The van der Waals surface area contributed by atoms with E-state index in [1.807, 2.05) is 24.3 Å². The fraction of sp³-hybridized carbons (Fsp3) is 0.250. The van der Waals surface area contributed by atoms with Crippen LogP contribution in [-0.2, 0) is 16.4 Å². The molecular formula is C16H18INO2S. The number of nitrogens with one attached hydrogen (secondary N) is 1. The molecule has 2 aromatic rings. The summed E-state index contributed by atoms with van der Waals surface area (Å²) in [7, 11) is -3.52. The SMILES string of the molecule is CC(C)Cc1ccc(S(=O)(=O)Nc2ccc(I)cc2)cc1. The quantitative estimate of drug-likeness (QED) is 0.741. The van der Waals surface area contributed by atoms with Gasteiger partial charge in [-0.15, -0.1) is 0 Å². The minimum absolute atomic E-state index is 0.286. The van der Waals surface area contributed by atoms with Crippen molar-refractivity contribution in [3.05, 3.63) is 57.7 Å². The van der Waals surface area contributed by atoms with Crippen molar-refractivity contribution in [3.63, 3.8) is 0 Å². The molecule has 21 heavy (non-hydrogen) atoms. The second kappa shape index (κ2) is 6.79. The van der Waals surface area contributed by atoms with Crippen LogP contribution in [0.4, 0.5) is 5.69 Å². The van der Waals surface area contributed by atoms with E-state index in [0.29, 0.717) is 11.6 Å². The summed E-state index contributed by atoms with van der Waals surface area (Å²) in [6.07, 6.45) is 0.949. The molecule has 0 fully saturated rings. The molecule has 0 aliphatic carbocycles. The monoisotopic (exact) mass is 415 g/mol. The van der Waals surface area contributed by atoms with E-state index in [4.69, 9.17) is 0 Å². The molecule has 0 atom stereocenters. The zero-order chi connectivity index (χ0) is 15.5. The molecule has 0 saturated carbocycles. The maximum atomic E-state index is 12.3. The van der Waals surface area contributed by atoms with Crippen LogP contribution in [0.25, 0.3) is 0 Å². The van der Waals surface area contributed by atoms with Crippen molar-refractivity contribution in [2.75, 3.05) is 4.72 Å². The maximum absolute atomic E-state index is 12.3. The van der Waals surface area contributed by atoms with E-state index in [1.165, 1.54) is 0 Å². The molecule has 0 aliphatic heterocycles. The highest BCUT2D eigenvalue weighted by atomic mass is 127. The largest absolute Gasteiger partial charge is 0.280 e. The zero-order valence-electron chi connectivity index (χ0n) is 12.0. The van der Waals surface area contributed by atoms with Gasteiger partial charge < -0.3 is 0 Å². The summed E-state index contributed by atoms with van der Waals surface area (Å²) in [6.45, 7) is 4.28. The number of benzene rings is 2. The lowest BCUT2D eigenvalue weighted by molar-refractivity contribution is 0.601. The van der Waals surface area contributed by atoms with Crippen molar-refractivity contribution in [1.29, 1.82) is 0 Å². The lowest BCUT2D eigenvalue weighted by Gasteiger charge is -2.09. The zero-order valence-corrected chi connectivity index (χ0v) is 15.0. The molecule has 112 valence electrons. The average Bonchev–Trinajstić information content (AvgIpc) is 2.41. The minimum atomic E-state index is -3.52. The van der Waals surface area contributed by atoms with E-state index in [9.17, 15) is 8.42 Å². The summed E-state index contributed by atoms with van der Waals surface area (Å²) in [5.74, 6) is 0.553. The van der Waals surface area contributed by atoms with Crippen molar-refractivity contribution in [1.82, 2.24) is 0 Å². The minimum Gasteiger partial charge on any atom is -0.280 e. The Morgan fingerprint density at radius 2 is 1.57 bits per heavy atom. The van der Waals surface area contributed by atoms with Gasteiger partial charge in [-0.3, -0.25) is 4.72 Å². The van der Waals surface area contributed by atoms with Gasteiger partial charge in [0.15, 0.2) is 0 Å². The molecule has 1 N–H and O–H groups in total. The molecule has 0 heterocycles. The first kappa shape index (κ1) is 16.3. The van der Waals surface area contributed by atoms with Gasteiger partial charge >= 0.3 is 0 Å². The Morgan fingerprint density at radius 1 is 1.00 bits per heavy atom. The third-order valence-corrected chi connectivity index (χ3v) is 5.09. The number of anilines is 1. The Balaban J connectivity index is 2.17. The van der Waals surface area contributed by atoms with E-state index >= 15 is 0 Å². The number of hydrogen-bond acceptors (Lipinski definition) is 2. The molecular weight excluding hydrogens is 397 g/mol. The molecule has 5 heteroatoms. The van der Waals surface area contributed by atoms with Crippen LogP contribution in [0.1, 0.15) is 19.4 Å². The number of sulfonamides is 1. The van der Waals surface area contributed by atoms with Crippen LogP contribution in [0.15, 0.2) is 53.4 Å². The van der Waals surface area contributed by atoms with Gasteiger partial charge in [0, 0.05) is 9.26 Å². The molecule has 0 spiro atoms. The molecule has 0 aliphatic rings. The van der Waals surface area contributed by atoms with Crippen LogP contribution in [-0.4, -0.2) is 8.42 Å². The van der Waals surface area contributed by atoms with Gasteiger partial charge in [0.05, 0.1) is 4.90 Å². The van der Waals surface area contributed by atoms with Crippen molar-refractivity contribution < 1.29 is 8.42 Å². The summed E-state index contributed by atoms with van der Waals surface area (Å²) >= 11 is 2.18. The molecule has 0 saturated heterocycles. The van der Waals surface area contributed by atoms with E-state index in [-0.39, 0.29) is 4.90 Å². The summed E-state index contributed by atoms with van der Waals surface area (Å²) in [5, 5.41) is 0. The Labute approximate surface area is 140 Å². The molecule has 0 aromatic heterocycles. The predicted molar refractivity (Wildman–Crippen MR) is 95.0 cm³/mol. The Kier molecular flexibility index (Phi) is 5.27. The summed E-state index contributed by atoms with van der Waals surface area (Å²) in [5.41, 5.74) is 1.72. The van der Waals surface area contributed by atoms with E-state index in [1.54, 1.807) is 24.3 Å². The first-order valence-corrected chi connectivity index (χ1v) is 9.30. The molecule has 0 unspecified atom stereocenters. The second-order valence-corrected chi connectivity index (χ2v) is 8.28. The van der Waals surface area contributed by atoms with Crippen molar-refractivity contribution >= 4 is 38.3 Å². The fourth-order valence-electron chi connectivity index (χ4n) is 2.01. The van der Waals surface area contributed by atoms with Crippen LogP contribution < -0.4 is 4.72 Å². The highest BCUT2D eigenvalue weighted by Gasteiger charge is 2.14. The normalized spacial score (nSPS) is 11.6. The van der Waals surface area contributed by atoms with Crippen molar-refractivity contribution in [2.45, 2.75) is 25.2 Å². The first-order chi connectivity index (χ1) is 9.87. The van der Waals surface area contributed by atoms with E-state index < -0.39 is 10.0 Å². The Bertz CT molecular complexity index is 692. The van der Waals surface area contributed by atoms with Crippen molar-refractivity contribution in [3.8, 4) is 0 Å². The number of halogens is 1. The lowest BCUT2D eigenvalue weighted by atomic mass is 10.0. The molecule has 2 aromatic carbocycles. The van der Waals surface area contributed by atoms with Crippen LogP contribution in [0.5, 0.6) is 0 Å². The Hall–Kier alpha value is -1.08. The topological polar surface area (TPSA) is 46.2 Å². The molecule has 0 amide bonds. The average molecular weight is 415 g/mol. The standard InChI is InChI=1S/C16H18INO2S/c1-12(2)11-13-3-9-16(10-4-13)21(19,20)18-15-7-5-14(17)6-8-15/h3-10,12,18H,11H2,1-2H3. The number of rotatable bonds is 5. The second-order valence-electron chi connectivity index (χ2n) is 5.35. The molecule has 0 radical (unpaired) electrons. The van der Waals surface area contributed by atoms with Gasteiger partial charge in [0.25, 0.3) is 10.0 Å². The van der Waals surface area contributed by atoms with E-state index in [0.717, 1.165) is 15.6 Å². The third kappa shape index (κ3) is 4.71. The fourth-order valence-corrected chi connectivity index (χ4v) is 3.43. The van der Waals surface area contributed by atoms with Gasteiger partial charge in [0.1, 0.15) is 0 Å². The number of hydrogen-bond donors (Lipinski definition) is 1. The molecule has 3 nitrogen and oxygen atoms in total. The Morgan fingerprint density at radius 3 is 2.10 bits per heavy atom. The van der Waals surface area contributed by atoms with Gasteiger partial charge in [-0.25, -0.2) is 8.42 Å². The first-order valence-electron chi connectivity index (χ1n) is 6.74. The highest BCUT2D eigenvalue weighted by molar-refractivity contribution is 14.1. The highest BCUT2D eigenvalue weighted by Crippen LogP contribution is 2.18. The van der Waals surface area contributed by atoms with Gasteiger partial charge in [-0.1, -0.05) is 26.0 Å². The summed E-state index contributed by atoms with van der Waals surface area (Å²) < 4.78 is 28.3. The van der Waals surface area contributed by atoms with Crippen LogP contribution in [0.3, 0.4) is 0 Å². The molecule has 2 rings (SSSR count). The van der Waals surface area contributed by atoms with E-state index in [2.05, 4.69) is 41.2 Å². The predicted octanol–water partition coefficient (Wildman–Crippen LogP) is 4.29. The van der Waals surface area contributed by atoms with Crippen LogP contribution >= 0.6 is 22.6 Å². The van der Waals surface area contributed by atoms with Gasteiger partial charge in [-0.05, 0) is 76.9 Å². The van der Waals surface area contributed by atoms with Gasteiger partial charge in [0.2, 0.25) is 0 Å². The third-order valence-electron chi connectivity index (χ3n) is 2.97. The molecule has 0 bridgehead atoms. The lowest BCUT2D eigenvalue weighted by Crippen LogP contribution is -2.13. The van der Waals surface area contributed by atoms with Gasteiger partial charge in [-0.2, -0.15) is 0 Å².